The van der Waals surface area contributed by atoms with Gasteiger partial charge in [-0.3, -0.25) is 4.90 Å². The van der Waals surface area contributed by atoms with Gasteiger partial charge in [0.05, 0.1) is 0 Å². The van der Waals surface area contributed by atoms with Crippen molar-refractivity contribution in [2.75, 3.05) is 6.54 Å². The van der Waals surface area contributed by atoms with Crippen LogP contribution < -0.4 is 0 Å². The van der Waals surface area contributed by atoms with Gasteiger partial charge in [0.15, 0.2) is 0 Å². The first-order valence-electron chi connectivity index (χ1n) is 5.30. The summed E-state index contributed by atoms with van der Waals surface area (Å²) in [6.07, 6.45) is 6.36. The van der Waals surface area contributed by atoms with Gasteiger partial charge in [-0.1, -0.05) is 0 Å². The molecule has 2 heteroatoms. The highest BCUT2D eigenvalue weighted by Crippen LogP contribution is 2.43. The number of hydrogen-bond donors (Lipinski definition) is 1. The Labute approximate surface area is 78.9 Å². The van der Waals surface area contributed by atoms with E-state index in [0.717, 1.165) is 18.5 Å². The first kappa shape index (κ1) is 7.63. The van der Waals surface area contributed by atoms with Crippen molar-refractivity contribution in [3.63, 3.8) is 0 Å². The van der Waals surface area contributed by atoms with E-state index < -0.39 is 0 Å². The molecule has 1 aromatic heterocycles. The van der Waals surface area contributed by atoms with Crippen LogP contribution in [0.3, 0.4) is 0 Å². The number of nitrogens with one attached hydrogen (secondary N) is 1. The van der Waals surface area contributed by atoms with Gasteiger partial charge in [-0.05, 0) is 43.9 Å². The third-order valence-electron chi connectivity index (χ3n) is 3.41. The van der Waals surface area contributed by atoms with Crippen molar-refractivity contribution < 1.29 is 0 Å². The molecule has 1 aromatic rings. The average molecular weight is 176 g/mol. The van der Waals surface area contributed by atoms with Crippen molar-refractivity contribution in [2.24, 2.45) is 5.92 Å². The first-order chi connectivity index (χ1) is 6.43. The Balaban J connectivity index is 1.66. The highest BCUT2D eigenvalue weighted by Gasteiger charge is 2.43. The Kier molecular flexibility index (Phi) is 1.69. The van der Waals surface area contributed by atoms with Gasteiger partial charge < -0.3 is 4.98 Å². The Morgan fingerprint density at radius 3 is 3.38 bits per heavy atom. The SMILES string of the molecule is c1c[nH]c(CN2CCC[C@@H]3C[C@@H]32)c1. The van der Waals surface area contributed by atoms with E-state index in [0.29, 0.717) is 0 Å². The van der Waals surface area contributed by atoms with Crippen molar-refractivity contribution in [1.82, 2.24) is 9.88 Å². The smallest absolute Gasteiger partial charge is 0.0388 e. The van der Waals surface area contributed by atoms with Gasteiger partial charge in [-0.2, -0.15) is 0 Å². The summed E-state index contributed by atoms with van der Waals surface area (Å²) in [7, 11) is 0. The zero-order valence-corrected chi connectivity index (χ0v) is 7.87. The van der Waals surface area contributed by atoms with Crippen LogP contribution in [0.5, 0.6) is 0 Å². The molecule has 2 nitrogen and oxygen atoms in total. The van der Waals surface area contributed by atoms with Crippen LogP contribution >= 0.6 is 0 Å². The van der Waals surface area contributed by atoms with Crippen LogP contribution in [0.2, 0.25) is 0 Å². The van der Waals surface area contributed by atoms with Crippen LogP contribution in [0.15, 0.2) is 18.3 Å². The fraction of sp³-hybridized carbons (Fsp3) is 0.636. The van der Waals surface area contributed by atoms with Crippen LogP contribution in [0.1, 0.15) is 25.0 Å². The van der Waals surface area contributed by atoms with Crippen molar-refractivity contribution in [1.29, 1.82) is 0 Å². The van der Waals surface area contributed by atoms with Crippen LogP contribution in [0.25, 0.3) is 0 Å². The van der Waals surface area contributed by atoms with Gasteiger partial charge >= 0.3 is 0 Å². The maximum Gasteiger partial charge on any atom is 0.0388 e. The maximum absolute atomic E-state index is 3.28. The number of aromatic nitrogens is 1. The van der Waals surface area contributed by atoms with Gasteiger partial charge in [0.25, 0.3) is 0 Å². The zero-order chi connectivity index (χ0) is 8.67. The number of aromatic amines is 1. The molecule has 2 aliphatic rings. The van der Waals surface area contributed by atoms with Gasteiger partial charge in [-0.25, -0.2) is 0 Å². The zero-order valence-electron chi connectivity index (χ0n) is 7.87. The molecule has 3 rings (SSSR count). The molecule has 1 N–H and O–H groups in total. The second kappa shape index (κ2) is 2.88. The molecule has 1 aliphatic heterocycles. The van der Waals surface area contributed by atoms with E-state index in [1.165, 1.54) is 31.5 Å². The first-order valence-corrected chi connectivity index (χ1v) is 5.30. The second-order valence-corrected chi connectivity index (χ2v) is 4.37. The van der Waals surface area contributed by atoms with E-state index in [4.69, 9.17) is 0 Å². The highest BCUT2D eigenvalue weighted by molar-refractivity contribution is 5.06. The van der Waals surface area contributed by atoms with Crippen molar-refractivity contribution >= 4 is 0 Å². The summed E-state index contributed by atoms with van der Waals surface area (Å²) >= 11 is 0. The molecule has 13 heavy (non-hydrogen) atoms. The van der Waals surface area contributed by atoms with Gasteiger partial charge in [0.1, 0.15) is 0 Å². The number of rotatable bonds is 2. The predicted molar refractivity (Wildman–Crippen MR) is 52.3 cm³/mol. The minimum Gasteiger partial charge on any atom is -0.364 e. The third kappa shape index (κ3) is 1.39. The Morgan fingerprint density at radius 2 is 2.54 bits per heavy atom. The van der Waals surface area contributed by atoms with E-state index in [9.17, 15) is 0 Å². The molecule has 0 radical (unpaired) electrons. The normalized spacial score (nSPS) is 32.9. The fourth-order valence-electron chi connectivity index (χ4n) is 2.59. The standard InChI is InChI=1S/C11H16N2/c1-4-10(12-5-1)8-13-6-2-3-9-7-11(9)13/h1,4-5,9,11-12H,2-3,6-8H2/t9-,11+/m1/s1. The monoisotopic (exact) mass is 176 g/mol. The predicted octanol–water partition coefficient (Wildman–Crippen LogP) is 2.00. The summed E-state index contributed by atoms with van der Waals surface area (Å²) in [4.78, 5) is 5.92. The van der Waals surface area contributed by atoms with Crippen molar-refractivity contribution in [3.05, 3.63) is 24.0 Å². The maximum atomic E-state index is 3.28. The number of fused-ring (bicyclic) bond motifs is 1. The van der Waals surface area contributed by atoms with Crippen LogP contribution in [-0.2, 0) is 6.54 Å². The molecule has 1 saturated heterocycles. The summed E-state index contributed by atoms with van der Waals surface area (Å²) in [5, 5.41) is 0. The van der Waals surface area contributed by atoms with Crippen molar-refractivity contribution in [2.45, 2.75) is 31.8 Å². The number of H-pyrrole nitrogens is 1. The van der Waals surface area contributed by atoms with E-state index in [2.05, 4.69) is 22.0 Å². The lowest BCUT2D eigenvalue weighted by molar-refractivity contribution is 0.205. The molecule has 2 atom stereocenters. The fourth-order valence-corrected chi connectivity index (χ4v) is 2.59. The van der Waals surface area contributed by atoms with E-state index >= 15 is 0 Å². The number of nitrogens with zero attached hydrogens (tertiary/aromatic N) is 1. The number of hydrogen-bond acceptors (Lipinski definition) is 1. The summed E-state index contributed by atoms with van der Waals surface area (Å²) in [5.41, 5.74) is 1.37. The molecular weight excluding hydrogens is 160 g/mol. The van der Waals surface area contributed by atoms with E-state index in [1.807, 2.05) is 6.20 Å². The van der Waals surface area contributed by atoms with Crippen molar-refractivity contribution in [3.8, 4) is 0 Å². The van der Waals surface area contributed by atoms with Crippen LogP contribution in [0, 0.1) is 5.92 Å². The molecule has 0 unspecified atom stereocenters. The lowest BCUT2D eigenvalue weighted by Crippen LogP contribution is -2.31. The molecule has 1 aliphatic carbocycles. The van der Waals surface area contributed by atoms with Gasteiger partial charge in [-0.15, -0.1) is 0 Å². The Bertz CT molecular complexity index is 278. The summed E-state index contributed by atoms with van der Waals surface area (Å²) in [5.74, 6) is 1.05. The lowest BCUT2D eigenvalue weighted by atomic mass is 10.1. The largest absolute Gasteiger partial charge is 0.364 e. The molecule has 0 amide bonds. The minimum atomic E-state index is 0.928. The summed E-state index contributed by atoms with van der Waals surface area (Å²) in [6.45, 7) is 2.44. The number of piperidine rings is 1. The van der Waals surface area contributed by atoms with E-state index in [-0.39, 0.29) is 0 Å². The molecule has 70 valence electrons. The average Bonchev–Trinajstić information content (AvgIpc) is 2.77. The minimum absolute atomic E-state index is 0.928. The molecule has 0 aromatic carbocycles. The van der Waals surface area contributed by atoms with E-state index in [1.54, 1.807) is 0 Å². The molecule has 0 bridgehead atoms. The molecule has 1 saturated carbocycles. The second-order valence-electron chi connectivity index (χ2n) is 4.37. The highest BCUT2D eigenvalue weighted by atomic mass is 15.2. The molecule has 2 fully saturated rings. The topological polar surface area (TPSA) is 19.0 Å². The van der Waals surface area contributed by atoms with Crippen LogP contribution in [0.4, 0.5) is 0 Å². The van der Waals surface area contributed by atoms with Crippen LogP contribution in [-0.4, -0.2) is 22.5 Å². The molecule has 2 heterocycles. The summed E-state index contributed by atoms with van der Waals surface area (Å²) < 4.78 is 0. The Morgan fingerprint density at radius 1 is 1.54 bits per heavy atom. The number of likely N-dealkylation sites (tertiary alicyclic amines) is 1. The molecular formula is C11H16N2. The van der Waals surface area contributed by atoms with Gasteiger partial charge in [0.2, 0.25) is 0 Å². The summed E-state index contributed by atoms with van der Waals surface area (Å²) in [6, 6.07) is 5.20. The Hall–Kier alpha value is -0.760. The molecule has 0 spiro atoms. The quantitative estimate of drug-likeness (QED) is 0.730. The van der Waals surface area contributed by atoms with Gasteiger partial charge in [0, 0.05) is 24.5 Å². The lowest BCUT2D eigenvalue weighted by Gasteiger charge is -2.25. The third-order valence-corrected chi connectivity index (χ3v) is 3.41.